The molecule has 8 N–H and O–H groups in total. The Morgan fingerprint density at radius 3 is 1.21 bits per heavy atom. The number of aliphatic hydroxyl groups excluding tert-OH is 4. The maximum atomic E-state index is 14.5. The third kappa shape index (κ3) is 25.7. The highest BCUT2D eigenvalue weighted by molar-refractivity contribution is 7.99. The van der Waals surface area contributed by atoms with Crippen molar-refractivity contribution in [2.24, 2.45) is 39.9 Å². The summed E-state index contributed by atoms with van der Waals surface area (Å²) < 4.78 is 13.8. The van der Waals surface area contributed by atoms with Crippen LogP contribution in [-0.2, 0) is 11.0 Å². The number of fused-ring (bicyclic) bond motifs is 6. The zero-order valence-electron chi connectivity index (χ0n) is 80.0. The van der Waals surface area contributed by atoms with Gasteiger partial charge in [0.15, 0.2) is 41.5 Å². The Hall–Kier alpha value is -10.0. The molecule has 0 aliphatic carbocycles. The van der Waals surface area contributed by atoms with Gasteiger partial charge in [-0.15, -0.1) is 0 Å². The summed E-state index contributed by atoms with van der Waals surface area (Å²) in [7, 11) is -2.65. The van der Waals surface area contributed by atoms with Gasteiger partial charge in [0.25, 0.3) is 8.32 Å². The second-order valence-corrected chi connectivity index (χ2v) is 46.6. The van der Waals surface area contributed by atoms with Crippen molar-refractivity contribution >= 4 is 123 Å². The van der Waals surface area contributed by atoms with Gasteiger partial charge in [-0.3, -0.25) is 24.4 Å². The number of guanidine groups is 4. The van der Waals surface area contributed by atoms with Crippen LogP contribution in [0.5, 0.6) is 0 Å². The van der Waals surface area contributed by atoms with Gasteiger partial charge < -0.3 is 70.1 Å². The standard InChI is InChI=1S/C104H139N21O7S3Si/c1-73(76-22-12-7-13-23-76)106-94(126)63-119-54-52-118(53-55-120(64-95(127)107-74(2)77-24-14-8-15-25-77)57-59-121(58-56-119)65-96(128)108-75(3)78-26-16-9-17-27-78)62-81-33-34-91-97(129)92-60-79(32-35-93(92)132-99(91)109-81)98(130)105-61-80-36-44-122-46-38-83(112-100(122)110-80)67-133-69-85-40-48-124-50-42-87(116-102(124)114-85)71-135-72-88-43-51-125-49-41-86(115-103(125)117-88)70-134-68-84-39-47-123-45-37-82(111-101(123)113-84)66-131-136(104(4,5)6,89-28-18-10-19-29-89)90-30-20-11-21-31-90/h7-35,60,73-75,80,82-88H,36-59,61-72H2,1-6H3,(H,105,130)(H,106,126)(H,107,127)(H,108,128)(H,110,112)(H,111,113)(H,114,116)(H,115,117)/t73-,74-,75-,80+,82+,83+,84+,85+,86+,87+,88+/m0/s1. The Bertz CT molecular complexity index is 5470. The average molecular weight is 1920 g/mol. The van der Waals surface area contributed by atoms with Crippen LogP contribution in [0.3, 0.4) is 0 Å². The van der Waals surface area contributed by atoms with Gasteiger partial charge in [-0.1, -0.05) is 172 Å². The molecule has 2 aromatic heterocycles. The summed E-state index contributed by atoms with van der Waals surface area (Å²) in [6.07, 6.45) is 8.39. The molecule has 136 heavy (non-hydrogen) atoms. The lowest BCUT2D eigenvalue weighted by atomic mass is 10.1. The summed E-state index contributed by atoms with van der Waals surface area (Å²) in [5.41, 5.74) is 4.37. The van der Waals surface area contributed by atoms with Crippen LogP contribution in [0.15, 0.2) is 231 Å². The van der Waals surface area contributed by atoms with Crippen molar-refractivity contribution in [2.75, 3.05) is 172 Å². The minimum Gasteiger partial charge on any atom is -0.496 e. The molecule has 11 heterocycles. The van der Waals surface area contributed by atoms with E-state index in [1.807, 2.05) is 141 Å². The van der Waals surface area contributed by atoms with Crippen LogP contribution in [0.2, 0.25) is 5.04 Å². The summed E-state index contributed by atoms with van der Waals surface area (Å²) in [6, 6.07) is 61.7. The van der Waals surface area contributed by atoms with Crippen molar-refractivity contribution in [1.82, 2.24) is 65.5 Å². The van der Waals surface area contributed by atoms with Crippen molar-refractivity contribution in [1.29, 1.82) is 0 Å². The molecule has 724 valence electrons. The number of hydrogen-bond donors (Lipinski definition) is 8. The van der Waals surface area contributed by atoms with E-state index < -0.39 is 8.32 Å². The zero-order chi connectivity index (χ0) is 93.9. The van der Waals surface area contributed by atoms with E-state index in [1.165, 1.54) is 10.4 Å². The molecule has 0 spiro atoms. The summed E-state index contributed by atoms with van der Waals surface area (Å²) in [5.74, 6) is 10.2. The lowest BCUT2D eigenvalue weighted by Gasteiger charge is -2.44. The molecule has 0 unspecified atom stereocenters. The van der Waals surface area contributed by atoms with Crippen molar-refractivity contribution in [3.8, 4) is 0 Å². The lowest BCUT2D eigenvalue weighted by Crippen LogP contribution is -2.67. The number of rotatable bonds is 34. The molecule has 5 fully saturated rings. The van der Waals surface area contributed by atoms with Crippen LogP contribution >= 0.6 is 35.3 Å². The number of aliphatic hydroxyl groups is 4. The largest absolute Gasteiger partial charge is 0.496 e. The Morgan fingerprint density at radius 2 is 0.794 bits per heavy atom. The minimum atomic E-state index is -2.65. The van der Waals surface area contributed by atoms with Gasteiger partial charge in [0, 0.05) is 176 Å². The zero-order valence-corrected chi connectivity index (χ0v) is 83.4. The molecule has 6 aromatic carbocycles. The summed E-state index contributed by atoms with van der Waals surface area (Å²) >= 11 is 6.09. The quantitative estimate of drug-likeness (QED) is 0.00804. The second kappa shape index (κ2) is 46.6. The minimum absolute atomic E-state index is 0.0235. The highest BCUT2D eigenvalue weighted by atomic mass is 32.2. The molecule has 32 heteroatoms. The number of aliphatic imine (C=N–C) groups is 8. The Balaban J connectivity index is 0.464. The van der Waals surface area contributed by atoms with Gasteiger partial charge in [0.2, 0.25) is 17.0 Å². The van der Waals surface area contributed by atoms with Gasteiger partial charge in [0.05, 0.1) is 91.5 Å². The van der Waals surface area contributed by atoms with E-state index in [1.54, 1.807) is 24.3 Å². The van der Waals surface area contributed by atoms with E-state index in [9.17, 15) is 25.2 Å². The predicted molar refractivity (Wildman–Crippen MR) is 563 cm³/mol. The van der Waals surface area contributed by atoms with Crippen LogP contribution < -0.4 is 37.1 Å². The summed E-state index contributed by atoms with van der Waals surface area (Å²) in [6.45, 7) is 27.3. The molecule has 17 rings (SSSR count). The normalized spacial score (nSPS) is 23.8. The molecule has 9 aliphatic heterocycles. The molecule has 9 aliphatic rings. The van der Waals surface area contributed by atoms with Gasteiger partial charge in [-0.05, 0) is 135 Å². The molecular formula is C104H139N21O7S3Si. The van der Waals surface area contributed by atoms with Gasteiger partial charge in [0.1, 0.15) is 5.58 Å². The molecule has 8 aromatic rings. The SMILES string of the molecule is C[C@H](N=C(O)CN1CCN(CC(O)=N[C@@H](C)c2ccccc2)CCN(Cc2ccc3c(=O)c4cc(C(O)=NC[C@H]5CCN6CC[C@H](CSC[C@H]7CCN8CC[C@H](CSC[C@H]9CCN%10CC[C@H](CSC[C@H]%11CCN%12CC[C@H](CO[Si](c%13ccccc%13)(c%13ccccc%13)C(C)(C)C)N=C%12N%11)N=C%10N9)NC8=N7)NC6=N5)ccc4oc3n2)CCN(CC(O)=N[C@@H](C)c2ccccc2)CC1)c1ccccc1. The van der Waals surface area contributed by atoms with Crippen LogP contribution in [0.4, 0.5) is 0 Å². The lowest BCUT2D eigenvalue weighted by molar-refractivity contribution is 0.143. The maximum absolute atomic E-state index is 14.5. The molecule has 5 saturated heterocycles. The van der Waals surface area contributed by atoms with E-state index in [0.717, 1.165) is 179 Å². The molecule has 11 atom stereocenters. The monoisotopic (exact) mass is 1920 g/mol. The highest BCUT2D eigenvalue weighted by Gasteiger charge is 2.51. The van der Waals surface area contributed by atoms with Crippen molar-refractivity contribution in [3.05, 3.63) is 220 Å². The van der Waals surface area contributed by atoms with Crippen LogP contribution in [0.25, 0.3) is 22.1 Å². The number of hydrogen-bond acceptors (Lipinski definition) is 27. The Morgan fingerprint density at radius 1 is 0.434 bits per heavy atom. The van der Waals surface area contributed by atoms with E-state index >= 15 is 0 Å². The van der Waals surface area contributed by atoms with Crippen LogP contribution in [0, 0.1) is 0 Å². The Labute approximate surface area is 815 Å². The first-order chi connectivity index (χ1) is 66.2. The number of benzene rings is 6. The topological polar surface area (TPSA) is 306 Å². The average Bonchev–Trinajstić information content (AvgIpc) is 0.743. The first-order valence-corrected chi connectivity index (χ1v) is 54.8. The molecule has 0 saturated carbocycles. The van der Waals surface area contributed by atoms with E-state index in [4.69, 9.17) is 48.8 Å². The van der Waals surface area contributed by atoms with E-state index in [0.29, 0.717) is 124 Å². The third-order valence-electron chi connectivity index (χ3n) is 28.1. The number of thioether (sulfide) groups is 3. The number of aromatic nitrogens is 1. The number of nitrogens with one attached hydrogen (secondary N) is 4. The summed E-state index contributed by atoms with van der Waals surface area (Å²) in [5, 5.41) is 65.0. The van der Waals surface area contributed by atoms with Crippen molar-refractivity contribution in [3.63, 3.8) is 0 Å². The predicted octanol–water partition coefficient (Wildman–Crippen LogP) is 12.5. The highest BCUT2D eigenvalue weighted by Crippen LogP contribution is 2.38. The maximum Gasteiger partial charge on any atom is 0.261 e. The number of pyridine rings is 1. The van der Waals surface area contributed by atoms with Crippen molar-refractivity contribution in [2.45, 2.75) is 171 Å². The fraction of sp³-hybridized carbons (Fsp3) is 0.519. The molecule has 0 bridgehead atoms. The molecule has 0 radical (unpaired) electrons. The second-order valence-electron chi connectivity index (χ2n) is 39.1. The number of nitrogens with zero attached hydrogens (tertiary/aromatic N) is 17. The van der Waals surface area contributed by atoms with Crippen LogP contribution in [-0.4, -0.2) is 341 Å². The molecule has 28 nitrogen and oxygen atoms in total. The van der Waals surface area contributed by atoms with E-state index in [2.05, 4.69) is 159 Å². The fourth-order valence-corrected chi connectivity index (χ4v) is 28.3. The smallest absolute Gasteiger partial charge is 0.261 e. The Kier molecular flexibility index (Phi) is 33.5. The fourth-order valence-electron chi connectivity index (χ4n) is 20.1. The third-order valence-corrected chi connectivity index (χ3v) is 36.9. The van der Waals surface area contributed by atoms with E-state index in [-0.39, 0.29) is 102 Å². The van der Waals surface area contributed by atoms with Gasteiger partial charge in [-0.2, -0.15) is 35.3 Å². The molecule has 0 amide bonds. The van der Waals surface area contributed by atoms with Crippen molar-refractivity contribution < 1.29 is 29.3 Å². The van der Waals surface area contributed by atoms with Gasteiger partial charge >= 0.3 is 0 Å². The summed E-state index contributed by atoms with van der Waals surface area (Å²) in [4.78, 5) is 78.3. The molecular weight excluding hydrogens is 1780 g/mol. The van der Waals surface area contributed by atoms with Gasteiger partial charge in [-0.25, -0.2) is 44.9 Å². The first-order valence-electron chi connectivity index (χ1n) is 49.5. The first kappa shape index (κ1) is 97.6. The van der Waals surface area contributed by atoms with Crippen LogP contribution in [0.1, 0.15) is 139 Å².